The topological polar surface area (TPSA) is 48.4 Å². The van der Waals surface area contributed by atoms with Gasteiger partial charge in [-0.05, 0) is 11.6 Å². The Morgan fingerprint density at radius 2 is 1.82 bits per heavy atom. The minimum atomic E-state index is 0.00751. The van der Waals surface area contributed by atoms with Gasteiger partial charge in [-0.25, -0.2) is 4.98 Å². The summed E-state index contributed by atoms with van der Waals surface area (Å²) in [5, 5.41) is 0. The normalized spacial score (nSPS) is 10.7. The van der Waals surface area contributed by atoms with Gasteiger partial charge in [0.2, 0.25) is 5.88 Å². The minimum Gasteiger partial charge on any atom is -0.475 e. The van der Waals surface area contributed by atoms with Crippen LogP contribution in [-0.4, -0.2) is 30.6 Å². The molecule has 116 valence electrons. The molecule has 0 aliphatic rings. The number of carbonyl (C=O) groups excluding carboxylic acids is 1. The minimum absolute atomic E-state index is 0.00751. The molecule has 0 spiro atoms. The maximum absolute atomic E-state index is 11.4. The van der Waals surface area contributed by atoms with Crippen LogP contribution in [0.25, 0.3) is 11.1 Å². The van der Waals surface area contributed by atoms with E-state index in [1.54, 1.807) is 6.20 Å². The van der Waals surface area contributed by atoms with Crippen LogP contribution in [0.15, 0.2) is 48.7 Å². The number of Topliss-reactive ketones (excluding diaryl/α,β-unsaturated/α-hetero) is 1. The third-order valence-electron chi connectivity index (χ3n) is 3.21. The van der Waals surface area contributed by atoms with Crippen LogP contribution in [0.3, 0.4) is 0 Å². The molecule has 1 heterocycles. The Hall–Kier alpha value is -2.20. The van der Waals surface area contributed by atoms with Crippen molar-refractivity contribution in [1.82, 2.24) is 4.98 Å². The second-order valence-corrected chi connectivity index (χ2v) is 5.27. The fourth-order valence-corrected chi connectivity index (χ4v) is 1.81. The van der Waals surface area contributed by atoms with Gasteiger partial charge >= 0.3 is 0 Å². The van der Waals surface area contributed by atoms with Crippen molar-refractivity contribution >= 4 is 5.78 Å². The van der Waals surface area contributed by atoms with Crippen molar-refractivity contribution in [3.05, 3.63) is 48.7 Å². The lowest BCUT2D eigenvalue weighted by Gasteiger charge is -2.08. The first-order valence-corrected chi connectivity index (χ1v) is 7.41. The predicted octanol–water partition coefficient (Wildman–Crippen LogP) is 3.37. The summed E-state index contributed by atoms with van der Waals surface area (Å²) in [7, 11) is 0. The highest BCUT2D eigenvalue weighted by Crippen LogP contribution is 2.19. The molecule has 0 atom stereocenters. The van der Waals surface area contributed by atoms with Crippen molar-refractivity contribution in [2.45, 2.75) is 13.8 Å². The maximum Gasteiger partial charge on any atom is 0.213 e. The van der Waals surface area contributed by atoms with E-state index in [0.717, 1.165) is 11.1 Å². The summed E-state index contributed by atoms with van der Waals surface area (Å²) >= 11 is 0. The van der Waals surface area contributed by atoms with Crippen molar-refractivity contribution in [2.75, 3.05) is 19.8 Å². The Bertz CT molecular complexity index is 579. The van der Waals surface area contributed by atoms with Crippen LogP contribution in [0.4, 0.5) is 0 Å². The molecule has 0 aliphatic carbocycles. The summed E-state index contributed by atoms with van der Waals surface area (Å²) in [5.74, 6) is 0.664. The Labute approximate surface area is 131 Å². The fraction of sp³-hybridized carbons (Fsp3) is 0.333. The molecule has 0 saturated carbocycles. The fourth-order valence-electron chi connectivity index (χ4n) is 1.81. The first-order valence-electron chi connectivity index (χ1n) is 7.41. The van der Waals surface area contributed by atoms with Crippen LogP contribution in [0, 0.1) is 5.92 Å². The van der Waals surface area contributed by atoms with E-state index >= 15 is 0 Å². The molecule has 1 aromatic carbocycles. The van der Waals surface area contributed by atoms with Gasteiger partial charge in [-0.3, -0.25) is 4.79 Å². The maximum atomic E-state index is 11.4. The molecule has 2 rings (SSSR count). The summed E-state index contributed by atoms with van der Waals surface area (Å²) in [6.45, 7) is 4.62. The van der Waals surface area contributed by atoms with Crippen LogP contribution in [0.2, 0.25) is 0 Å². The Morgan fingerprint density at radius 3 is 2.45 bits per heavy atom. The van der Waals surface area contributed by atoms with Gasteiger partial charge < -0.3 is 9.47 Å². The van der Waals surface area contributed by atoms with E-state index in [1.165, 1.54) is 0 Å². The van der Waals surface area contributed by atoms with Crippen LogP contribution in [0.1, 0.15) is 13.8 Å². The van der Waals surface area contributed by atoms with E-state index in [-0.39, 0.29) is 18.3 Å². The Kier molecular flexibility index (Phi) is 6.10. The van der Waals surface area contributed by atoms with E-state index in [9.17, 15) is 4.79 Å². The first-order chi connectivity index (χ1) is 10.7. The molecule has 1 aromatic heterocycles. The monoisotopic (exact) mass is 299 g/mol. The van der Waals surface area contributed by atoms with Crippen LogP contribution >= 0.6 is 0 Å². The number of rotatable bonds is 8. The smallest absolute Gasteiger partial charge is 0.213 e. The molecule has 0 aliphatic heterocycles. The first kappa shape index (κ1) is 16.2. The second-order valence-electron chi connectivity index (χ2n) is 5.27. The van der Waals surface area contributed by atoms with Crippen molar-refractivity contribution < 1.29 is 14.3 Å². The summed E-state index contributed by atoms with van der Waals surface area (Å²) in [6, 6.07) is 13.9. The summed E-state index contributed by atoms with van der Waals surface area (Å²) < 4.78 is 10.8. The average Bonchev–Trinajstić information content (AvgIpc) is 2.55. The predicted molar refractivity (Wildman–Crippen MR) is 85.8 cm³/mol. The lowest BCUT2D eigenvalue weighted by atomic mass is 10.1. The SMILES string of the molecule is CC(C)C(=O)COCCOc1ccc(-c2ccccc2)cn1. The van der Waals surface area contributed by atoms with E-state index in [1.807, 2.05) is 56.3 Å². The van der Waals surface area contributed by atoms with E-state index in [0.29, 0.717) is 19.1 Å². The quantitative estimate of drug-likeness (QED) is 0.701. The Balaban J connectivity index is 1.74. The number of hydrogen-bond acceptors (Lipinski definition) is 4. The molecule has 0 fully saturated rings. The molecule has 0 amide bonds. The summed E-state index contributed by atoms with van der Waals surface area (Å²) in [6.07, 6.45) is 1.79. The van der Waals surface area contributed by atoms with E-state index in [4.69, 9.17) is 9.47 Å². The number of pyridine rings is 1. The van der Waals surface area contributed by atoms with Crippen LogP contribution in [0.5, 0.6) is 5.88 Å². The average molecular weight is 299 g/mol. The largest absolute Gasteiger partial charge is 0.475 e. The molecule has 0 radical (unpaired) electrons. The van der Waals surface area contributed by atoms with E-state index in [2.05, 4.69) is 4.98 Å². The van der Waals surface area contributed by atoms with Crippen molar-refractivity contribution in [1.29, 1.82) is 0 Å². The number of nitrogens with zero attached hydrogens (tertiary/aromatic N) is 1. The third kappa shape index (κ3) is 4.97. The van der Waals surface area contributed by atoms with Gasteiger partial charge in [-0.15, -0.1) is 0 Å². The molecule has 2 aromatic rings. The summed E-state index contributed by atoms with van der Waals surface area (Å²) in [4.78, 5) is 15.6. The number of aromatic nitrogens is 1. The van der Waals surface area contributed by atoms with Crippen molar-refractivity contribution in [3.8, 4) is 17.0 Å². The molecule has 0 unspecified atom stereocenters. The van der Waals surface area contributed by atoms with Crippen molar-refractivity contribution in [3.63, 3.8) is 0 Å². The molecule has 0 bridgehead atoms. The van der Waals surface area contributed by atoms with Crippen LogP contribution in [-0.2, 0) is 9.53 Å². The number of carbonyl (C=O) groups is 1. The number of ether oxygens (including phenoxy) is 2. The second kappa shape index (κ2) is 8.29. The third-order valence-corrected chi connectivity index (χ3v) is 3.21. The highest BCUT2D eigenvalue weighted by molar-refractivity contribution is 5.81. The highest BCUT2D eigenvalue weighted by Gasteiger charge is 2.06. The molecular weight excluding hydrogens is 278 g/mol. The molecule has 4 nitrogen and oxygen atoms in total. The van der Waals surface area contributed by atoms with Gasteiger partial charge in [0.25, 0.3) is 0 Å². The zero-order chi connectivity index (χ0) is 15.8. The van der Waals surface area contributed by atoms with Gasteiger partial charge in [-0.2, -0.15) is 0 Å². The Morgan fingerprint density at radius 1 is 1.05 bits per heavy atom. The zero-order valence-corrected chi connectivity index (χ0v) is 13.0. The highest BCUT2D eigenvalue weighted by atomic mass is 16.5. The lowest BCUT2D eigenvalue weighted by molar-refractivity contribution is -0.126. The van der Waals surface area contributed by atoms with Gasteiger partial charge in [-0.1, -0.05) is 44.2 Å². The van der Waals surface area contributed by atoms with Crippen LogP contribution < -0.4 is 4.74 Å². The molecule has 0 N–H and O–H groups in total. The number of hydrogen-bond donors (Lipinski definition) is 0. The zero-order valence-electron chi connectivity index (χ0n) is 13.0. The van der Waals surface area contributed by atoms with Gasteiger partial charge in [0, 0.05) is 23.7 Å². The molecular formula is C18H21NO3. The lowest BCUT2D eigenvalue weighted by Crippen LogP contribution is -2.17. The van der Waals surface area contributed by atoms with Gasteiger partial charge in [0.05, 0.1) is 6.61 Å². The summed E-state index contributed by atoms with van der Waals surface area (Å²) in [5.41, 5.74) is 2.17. The van der Waals surface area contributed by atoms with Gasteiger partial charge in [0.1, 0.15) is 13.2 Å². The molecule has 22 heavy (non-hydrogen) atoms. The number of benzene rings is 1. The molecule has 4 heteroatoms. The van der Waals surface area contributed by atoms with E-state index < -0.39 is 0 Å². The number of ketones is 1. The van der Waals surface area contributed by atoms with Gasteiger partial charge in [0.15, 0.2) is 5.78 Å². The van der Waals surface area contributed by atoms with Crippen molar-refractivity contribution in [2.24, 2.45) is 5.92 Å². The standard InChI is InChI=1S/C18H21NO3/c1-14(2)17(20)13-21-10-11-22-18-9-8-16(12-19-18)15-6-4-3-5-7-15/h3-9,12,14H,10-11,13H2,1-2H3. The molecule has 0 saturated heterocycles.